The summed E-state index contributed by atoms with van der Waals surface area (Å²) < 4.78 is 37.1. The van der Waals surface area contributed by atoms with E-state index in [9.17, 15) is 13.2 Å². The minimum atomic E-state index is -4.36. The lowest BCUT2D eigenvalue weighted by atomic mass is 9.98. The van der Waals surface area contributed by atoms with Gasteiger partial charge >= 0.3 is 6.18 Å². The predicted molar refractivity (Wildman–Crippen MR) is 59.1 cm³/mol. The second kappa shape index (κ2) is 4.81. The Kier molecular flexibility index (Phi) is 3.58. The van der Waals surface area contributed by atoms with Crippen LogP contribution in [0.3, 0.4) is 0 Å². The molecule has 0 bridgehead atoms. The maximum Gasteiger partial charge on any atom is 0.434 e. The third-order valence-electron chi connectivity index (χ3n) is 2.93. The molecule has 2 rings (SSSR count). The van der Waals surface area contributed by atoms with Crippen molar-refractivity contribution in [2.24, 2.45) is 5.92 Å². The van der Waals surface area contributed by atoms with Gasteiger partial charge in [0, 0.05) is 25.1 Å². The molecule has 3 nitrogen and oxygen atoms in total. The van der Waals surface area contributed by atoms with Crippen molar-refractivity contribution in [3.8, 4) is 0 Å². The van der Waals surface area contributed by atoms with Crippen LogP contribution in [0, 0.1) is 5.92 Å². The number of halogens is 3. The lowest BCUT2D eigenvalue weighted by Crippen LogP contribution is -2.34. The first kappa shape index (κ1) is 12.6. The minimum Gasteiger partial charge on any atom is -0.396 e. The van der Waals surface area contributed by atoms with E-state index in [2.05, 4.69) is 4.98 Å². The summed E-state index contributed by atoms with van der Waals surface area (Å²) in [5.74, 6) is 0.272. The van der Waals surface area contributed by atoms with Gasteiger partial charge in [0.2, 0.25) is 0 Å². The molecule has 0 amide bonds. The SMILES string of the molecule is OCC1CCN(c2nc(C(F)(F)F)cs2)CC1. The summed E-state index contributed by atoms with van der Waals surface area (Å²) in [6.45, 7) is 1.48. The van der Waals surface area contributed by atoms with Gasteiger partial charge in [0.25, 0.3) is 0 Å². The maximum atomic E-state index is 12.4. The fourth-order valence-electron chi connectivity index (χ4n) is 1.85. The molecular formula is C10H13F3N2OS. The van der Waals surface area contributed by atoms with E-state index in [4.69, 9.17) is 5.11 Å². The highest BCUT2D eigenvalue weighted by molar-refractivity contribution is 7.13. The monoisotopic (exact) mass is 266 g/mol. The number of hydrogen-bond donors (Lipinski definition) is 1. The van der Waals surface area contributed by atoms with Gasteiger partial charge in [-0.05, 0) is 18.8 Å². The Hall–Kier alpha value is -0.820. The first-order valence-corrected chi connectivity index (χ1v) is 6.27. The van der Waals surface area contributed by atoms with E-state index in [1.807, 2.05) is 4.90 Å². The smallest absolute Gasteiger partial charge is 0.396 e. The van der Waals surface area contributed by atoms with Crippen molar-refractivity contribution in [1.29, 1.82) is 0 Å². The van der Waals surface area contributed by atoms with E-state index in [1.165, 1.54) is 0 Å². The van der Waals surface area contributed by atoms with Crippen molar-refractivity contribution in [1.82, 2.24) is 4.98 Å². The van der Waals surface area contributed by atoms with Crippen LogP contribution in [-0.4, -0.2) is 29.8 Å². The summed E-state index contributed by atoms with van der Waals surface area (Å²) in [7, 11) is 0. The number of rotatable bonds is 2. The van der Waals surface area contributed by atoms with E-state index in [0.717, 1.165) is 29.6 Å². The van der Waals surface area contributed by atoms with Crippen LogP contribution in [0.15, 0.2) is 5.38 Å². The van der Waals surface area contributed by atoms with Gasteiger partial charge < -0.3 is 10.0 Å². The zero-order valence-corrected chi connectivity index (χ0v) is 9.89. The molecule has 1 N–H and O–H groups in total. The molecule has 0 spiro atoms. The third kappa shape index (κ3) is 2.90. The topological polar surface area (TPSA) is 36.4 Å². The molecule has 1 aliphatic heterocycles. The summed E-state index contributed by atoms with van der Waals surface area (Å²) in [4.78, 5) is 5.47. The Bertz CT molecular complexity index is 372. The number of aliphatic hydroxyl groups is 1. The molecule has 1 aromatic rings. The lowest BCUT2D eigenvalue weighted by Gasteiger charge is -2.30. The van der Waals surface area contributed by atoms with Gasteiger partial charge in [-0.15, -0.1) is 11.3 Å². The fourth-order valence-corrected chi connectivity index (χ4v) is 2.73. The Balaban J connectivity index is 2.02. The Labute approximate surface area is 101 Å². The summed E-state index contributed by atoms with van der Waals surface area (Å²) in [6.07, 6.45) is -2.76. The number of alkyl halides is 3. The number of hydrogen-bond acceptors (Lipinski definition) is 4. The lowest BCUT2D eigenvalue weighted by molar-refractivity contribution is -0.140. The zero-order chi connectivity index (χ0) is 12.5. The first-order valence-electron chi connectivity index (χ1n) is 5.39. The Morgan fingerprint density at radius 2 is 2.06 bits per heavy atom. The number of aromatic nitrogens is 1. The van der Waals surface area contributed by atoms with E-state index >= 15 is 0 Å². The highest BCUT2D eigenvalue weighted by atomic mass is 32.1. The summed E-state index contributed by atoms with van der Waals surface area (Å²) in [5.41, 5.74) is -0.818. The molecule has 0 unspecified atom stereocenters. The van der Waals surface area contributed by atoms with Crippen LogP contribution in [0.5, 0.6) is 0 Å². The predicted octanol–water partition coefficient (Wildman–Crippen LogP) is 2.37. The van der Waals surface area contributed by atoms with Crippen molar-refractivity contribution in [2.75, 3.05) is 24.6 Å². The first-order chi connectivity index (χ1) is 8.00. The molecule has 0 atom stereocenters. The highest BCUT2D eigenvalue weighted by Crippen LogP contribution is 2.34. The number of aliphatic hydroxyl groups excluding tert-OH is 1. The Morgan fingerprint density at radius 3 is 2.53 bits per heavy atom. The van der Waals surface area contributed by atoms with E-state index in [1.54, 1.807) is 0 Å². The van der Waals surface area contributed by atoms with Crippen molar-refractivity contribution in [2.45, 2.75) is 19.0 Å². The molecule has 17 heavy (non-hydrogen) atoms. The van der Waals surface area contributed by atoms with Crippen LogP contribution in [0.2, 0.25) is 0 Å². The summed E-state index contributed by atoms with van der Waals surface area (Å²) in [6, 6.07) is 0. The highest BCUT2D eigenvalue weighted by Gasteiger charge is 2.34. The van der Waals surface area contributed by atoms with Crippen molar-refractivity contribution in [3.63, 3.8) is 0 Å². The standard InChI is InChI=1S/C10H13F3N2OS/c11-10(12,13)8-6-17-9(14-8)15-3-1-7(5-16)2-4-15/h6-7,16H,1-5H2. The molecule has 7 heteroatoms. The summed E-state index contributed by atoms with van der Waals surface area (Å²) >= 11 is 1.02. The fraction of sp³-hybridized carbons (Fsp3) is 0.700. The minimum absolute atomic E-state index is 0.152. The van der Waals surface area contributed by atoms with Crippen molar-refractivity contribution < 1.29 is 18.3 Å². The van der Waals surface area contributed by atoms with Gasteiger partial charge in [-0.3, -0.25) is 0 Å². The average molecular weight is 266 g/mol. The van der Waals surface area contributed by atoms with Crippen molar-refractivity contribution >= 4 is 16.5 Å². The molecule has 0 radical (unpaired) electrons. The normalized spacial score (nSPS) is 18.7. The molecule has 0 aliphatic carbocycles. The Morgan fingerprint density at radius 1 is 1.41 bits per heavy atom. The maximum absolute atomic E-state index is 12.4. The molecule has 0 aromatic carbocycles. The van der Waals surface area contributed by atoms with E-state index in [0.29, 0.717) is 18.2 Å². The largest absolute Gasteiger partial charge is 0.434 e. The van der Waals surface area contributed by atoms with Gasteiger partial charge in [0.15, 0.2) is 10.8 Å². The van der Waals surface area contributed by atoms with Gasteiger partial charge in [-0.25, -0.2) is 4.98 Å². The molecule has 1 fully saturated rings. The molecule has 0 saturated carbocycles. The average Bonchev–Trinajstić information content (AvgIpc) is 2.78. The summed E-state index contributed by atoms with van der Waals surface area (Å²) in [5, 5.41) is 10.5. The molecular weight excluding hydrogens is 253 g/mol. The number of nitrogens with zero attached hydrogens (tertiary/aromatic N) is 2. The molecule has 1 saturated heterocycles. The zero-order valence-electron chi connectivity index (χ0n) is 9.07. The van der Waals surface area contributed by atoms with Crippen LogP contribution >= 0.6 is 11.3 Å². The quantitative estimate of drug-likeness (QED) is 0.892. The van der Waals surface area contributed by atoms with Gasteiger partial charge in [-0.2, -0.15) is 13.2 Å². The van der Waals surface area contributed by atoms with Crippen LogP contribution in [0.4, 0.5) is 18.3 Å². The van der Waals surface area contributed by atoms with Crippen molar-refractivity contribution in [3.05, 3.63) is 11.1 Å². The van der Waals surface area contributed by atoms with E-state index in [-0.39, 0.29) is 12.5 Å². The van der Waals surface area contributed by atoms with Gasteiger partial charge in [0.1, 0.15) is 0 Å². The van der Waals surface area contributed by atoms with Gasteiger partial charge in [0.05, 0.1) is 0 Å². The molecule has 1 aromatic heterocycles. The van der Waals surface area contributed by atoms with Crippen LogP contribution in [0.1, 0.15) is 18.5 Å². The van der Waals surface area contributed by atoms with Crippen LogP contribution in [0.25, 0.3) is 0 Å². The van der Waals surface area contributed by atoms with Crippen LogP contribution in [-0.2, 0) is 6.18 Å². The molecule has 1 aliphatic rings. The number of piperidine rings is 1. The molecule has 96 valence electrons. The second-order valence-corrected chi connectivity index (χ2v) is 4.96. The third-order valence-corrected chi connectivity index (χ3v) is 3.83. The second-order valence-electron chi connectivity index (χ2n) is 4.13. The van der Waals surface area contributed by atoms with E-state index < -0.39 is 11.9 Å². The molecule has 2 heterocycles. The van der Waals surface area contributed by atoms with Crippen LogP contribution < -0.4 is 4.90 Å². The van der Waals surface area contributed by atoms with Gasteiger partial charge in [-0.1, -0.05) is 0 Å². The number of thiazole rings is 1. The number of anilines is 1.